The van der Waals surface area contributed by atoms with E-state index in [1.54, 1.807) is 24.3 Å². The molecule has 0 spiro atoms. The quantitative estimate of drug-likeness (QED) is 0.591. The lowest BCUT2D eigenvalue weighted by Gasteiger charge is -1.98. The van der Waals surface area contributed by atoms with Crippen molar-refractivity contribution in [2.45, 2.75) is 0 Å². The number of aliphatic imine (C=N–C) groups is 1. The van der Waals surface area contributed by atoms with Crippen LogP contribution in [0.15, 0.2) is 33.7 Å². The number of carbonyl (C=O) groups excluding carboxylic acids is 1. The van der Waals surface area contributed by atoms with E-state index in [0.29, 0.717) is 11.3 Å². The van der Waals surface area contributed by atoms with E-state index < -0.39 is 5.91 Å². The summed E-state index contributed by atoms with van der Waals surface area (Å²) in [5.74, 6) is -0.310. The van der Waals surface area contributed by atoms with Crippen LogP contribution in [0.2, 0.25) is 0 Å². The number of nitrogens with zero attached hydrogens (tertiary/aromatic N) is 1. The number of carbonyl (C=O) groups is 1. The van der Waals surface area contributed by atoms with Crippen molar-refractivity contribution in [2.75, 3.05) is 7.11 Å². The minimum absolute atomic E-state index is 0.0675. The first-order valence-electron chi connectivity index (χ1n) is 4.82. The average Bonchev–Trinajstić information content (AvgIpc) is 2.71. The molecule has 17 heavy (non-hydrogen) atoms. The Hall–Kier alpha value is -2.50. The van der Waals surface area contributed by atoms with E-state index in [9.17, 15) is 4.79 Å². The maximum absolute atomic E-state index is 11.5. The summed E-state index contributed by atoms with van der Waals surface area (Å²) in [4.78, 5) is 14.9. The van der Waals surface area contributed by atoms with Crippen molar-refractivity contribution in [3.63, 3.8) is 0 Å². The van der Waals surface area contributed by atoms with Crippen LogP contribution in [0.25, 0.3) is 11.0 Å². The van der Waals surface area contributed by atoms with Crippen molar-refractivity contribution in [3.8, 4) is 5.75 Å². The largest absolute Gasteiger partial charge is 0.493 e. The van der Waals surface area contributed by atoms with E-state index in [4.69, 9.17) is 20.6 Å². The minimum atomic E-state index is -0.622. The number of amides is 1. The SMILES string of the molecule is COc1cccc2cc(C(=O)N=C(N)N)oc12. The fourth-order valence-corrected chi connectivity index (χ4v) is 1.47. The van der Waals surface area contributed by atoms with Crippen molar-refractivity contribution in [1.82, 2.24) is 0 Å². The zero-order valence-electron chi connectivity index (χ0n) is 9.14. The third-order valence-electron chi connectivity index (χ3n) is 2.17. The molecule has 6 nitrogen and oxygen atoms in total. The number of ether oxygens (including phenoxy) is 1. The molecule has 1 aromatic heterocycles. The molecule has 2 rings (SSSR count). The highest BCUT2D eigenvalue weighted by atomic mass is 16.5. The van der Waals surface area contributed by atoms with Crippen LogP contribution in [0.5, 0.6) is 5.75 Å². The number of nitrogens with two attached hydrogens (primary N) is 2. The lowest BCUT2D eigenvalue weighted by atomic mass is 10.2. The third kappa shape index (κ3) is 2.05. The van der Waals surface area contributed by atoms with Gasteiger partial charge in [0, 0.05) is 5.39 Å². The van der Waals surface area contributed by atoms with Crippen LogP contribution in [0.3, 0.4) is 0 Å². The highest BCUT2D eigenvalue weighted by molar-refractivity contribution is 6.02. The fourth-order valence-electron chi connectivity index (χ4n) is 1.47. The number of para-hydroxylation sites is 1. The monoisotopic (exact) mass is 233 g/mol. The predicted molar refractivity (Wildman–Crippen MR) is 62.9 cm³/mol. The number of rotatable bonds is 2. The van der Waals surface area contributed by atoms with Gasteiger partial charge >= 0.3 is 5.91 Å². The molecule has 0 saturated carbocycles. The average molecular weight is 233 g/mol. The van der Waals surface area contributed by atoms with Crippen molar-refractivity contribution in [1.29, 1.82) is 0 Å². The molecule has 0 aliphatic carbocycles. The van der Waals surface area contributed by atoms with Gasteiger partial charge in [0.2, 0.25) is 0 Å². The van der Waals surface area contributed by atoms with E-state index in [1.807, 2.05) is 0 Å². The Bertz CT molecular complexity index is 597. The first-order chi connectivity index (χ1) is 8.11. The molecular weight excluding hydrogens is 222 g/mol. The van der Waals surface area contributed by atoms with Gasteiger partial charge < -0.3 is 20.6 Å². The van der Waals surface area contributed by atoms with Gasteiger partial charge in [-0.15, -0.1) is 0 Å². The molecule has 1 aromatic carbocycles. The molecule has 0 bridgehead atoms. The Labute approximate surface area is 96.9 Å². The van der Waals surface area contributed by atoms with Gasteiger partial charge in [-0.05, 0) is 12.1 Å². The highest BCUT2D eigenvalue weighted by Gasteiger charge is 2.14. The van der Waals surface area contributed by atoms with Gasteiger partial charge in [-0.3, -0.25) is 4.79 Å². The fraction of sp³-hybridized carbons (Fsp3) is 0.0909. The molecule has 1 heterocycles. The Kier molecular flexibility index (Phi) is 2.70. The zero-order chi connectivity index (χ0) is 12.4. The molecule has 0 aliphatic heterocycles. The second-order valence-electron chi connectivity index (χ2n) is 3.33. The van der Waals surface area contributed by atoms with Gasteiger partial charge in [0.25, 0.3) is 0 Å². The van der Waals surface area contributed by atoms with E-state index in [1.165, 1.54) is 7.11 Å². The second-order valence-corrected chi connectivity index (χ2v) is 3.33. The molecule has 4 N–H and O–H groups in total. The van der Waals surface area contributed by atoms with E-state index >= 15 is 0 Å². The summed E-state index contributed by atoms with van der Waals surface area (Å²) < 4.78 is 10.5. The van der Waals surface area contributed by atoms with Crippen LogP contribution in [0.4, 0.5) is 0 Å². The standard InChI is InChI=1S/C11H11N3O3/c1-16-7-4-2-3-6-5-8(17-9(6)7)10(15)14-11(12)13/h2-5H,1H3,(H4,12,13,14,15). The van der Waals surface area contributed by atoms with Crippen LogP contribution in [0.1, 0.15) is 10.6 Å². The molecule has 2 aromatic rings. The number of methoxy groups -OCH3 is 1. The topological polar surface area (TPSA) is 104 Å². The van der Waals surface area contributed by atoms with Crippen molar-refractivity contribution in [2.24, 2.45) is 16.5 Å². The van der Waals surface area contributed by atoms with Crippen molar-refractivity contribution >= 4 is 22.8 Å². The summed E-state index contributed by atoms with van der Waals surface area (Å²) >= 11 is 0. The highest BCUT2D eigenvalue weighted by Crippen LogP contribution is 2.28. The first-order valence-corrected chi connectivity index (χ1v) is 4.82. The summed E-state index contributed by atoms with van der Waals surface area (Å²) in [6.07, 6.45) is 0. The van der Waals surface area contributed by atoms with Crippen LogP contribution in [0, 0.1) is 0 Å². The summed E-state index contributed by atoms with van der Waals surface area (Å²) in [7, 11) is 1.52. The number of fused-ring (bicyclic) bond motifs is 1. The normalized spacial score (nSPS) is 10.2. The first kappa shape index (κ1) is 11.0. The summed E-state index contributed by atoms with van der Waals surface area (Å²) in [6, 6.07) is 6.90. The van der Waals surface area contributed by atoms with E-state index in [0.717, 1.165) is 5.39 Å². The predicted octanol–water partition coefficient (Wildman–Crippen LogP) is 0.855. The Balaban J connectivity index is 2.52. The van der Waals surface area contributed by atoms with E-state index in [2.05, 4.69) is 4.99 Å². The van der Waals surface area contributed by atoms with Crippen molar-refractivity contribution in [3.05, 3.63) is 30.0 Å². The van der Waals surface area contributed by atoms with Crippen LogP contribution in [-0.4, -0.2) is 19.0 Å². The molecule has 0 unspecified atom stereocenters. The summed E-state index contributed by atoms with van der Waals surface area (Å²) in [5.41, 5.74) is 10.7. The van der Waals surface area contributed by atoms with Crippen LogP contribution in [-0.2, 0) is 0 Å². The maximum Gasteiger partial charge on any atom is 0.315 e. The minimum Gasteiger partial charge on any atom is -0.493 e. The molecule has 1 amide bonds. The maximum atomic E-state index is 11.5. The van der Waals surface area contributed by atoms with Gasteiger partial charge in [0.05, 0.1) is 7.11 Å². The molecule has 0 aliphatic rings. The molecule has 0 saturated heterocycles. The van der Waals surface area contributed by atoms with Gasteiger partial charge in [-0.1, -0.05) is 12.1 Å². The molecule has 0 radical (unpaired) electrons. The molecule has 0 fully saturated rings. The van der Waals surface area contributed by atoms with Crippen LogP contribution < -0.4 is 16.2 Å². The van der Waals surface area contributed by atoms with Gasteiger partial charge in [-0.2, -0.15) is 4.99 Å². The number of guanidine groups is 1. The second kappa shape index (κ2) is 4.17. The third-order valence-corrected chi connectivity index (χ3v) is 2.17. The number of benzene rings is 1. The van der Waals surface area contributed by atoms with Gasteiger partial charge in [0.15, 0.2) is 23.1 Å². The lowest BCUT2D eigenvalue weighted by Crippen LogP contribution is -2.24. The number of hydrogen-bond acceptors (Lipinski definition) is 3. The molecule has 88 valence electrons. The zero-order valence-corrected chi connectivity index (χ0v) is 9.14. The number of hydrogen-bond donors (Lipinski definition) is 2. The Morgan fingerprint density at radius 2 is 2.18 bits per heavy atom. The van der Waals surface area contributed by atoms with Gasteiger partial charge in [-0.25, -0.2) is 0 Å². The molecule has 6 heteroatoms. The summed E-state index contributed by atoms with van der Waals surface area (Å²) in [6.45, 7) is 0. The molecule has 0 atom stereocenters. The van der Waals surface area contributed by atoms with Gasteiger partial charge in [0.1, 0.15) is 0 Å². The lowest BCUT2D eigenvalue weighted by molar-refractivity contribution is 0.0978. The Morgan fingerprint density at radius 1 is 1.41 bits per heavy atom. The van der Waals surface area contributed by atoms with Crippen molar-refractivity contribution < 1.29 is 13.9 Å². The smallest absolute Gasteiger partial charge is 0.315 e. The Morgan fingerprint density at radius 3 is 2.82 bits per heavy atom. The van der Waals surface area contributed by atoms with E-state index in [-0.39, 0.29) is 11.7 Å². The van der Waals surface area contributed by atoms with Crippen LogP contribution >= 0.6 is 0 Å². The summed E-state index contributed by atoms with van der Waals surface area (Å²) in [5, 5.41) is 0.749. The number of furan rings is 1. The molecular formula is C11H11N3O3.